The van der Waals surface area contributed by atoms with Crippen molar-refractivity contribution < 1.29 is 9.53 Å². The van der Waals surface area contributed by atoms with Gasteiger partial charge in [-0.05, 0) is 24.3 Å². The molecule has 0 radical (unpaired) electrons. The summed E-state index contributed by atoms with van der Waals surface area (Å²) in [5.74, 6) is 0.226. The zero-order chi connectivity index (χ0) is 17.3. The second kappa shape index (κ2) is 5.92. The second-order valence-electron chi connectivity index (χ2n) is 5.21. The average Bonchev–Trinajstić information content (AvgIpc) is 2.96. The number of amides is 1. The molecule has 0 saturated carbocycles. The van der Waals surface area contributed by atoms with Crippen LogP contribution in [0.2, 0.25) is 0 Å². The summed E-state index contributed by atoms with van der Waals surface area (Å²) in [4.78, 5) is 20.3. The molecule has 0 aliphatic heterocycles. The van der Waals surface area contributed by atoms with Gasteiger partial charge in [0.1, 0.15) is 11.4 Å². The van der Waals surface area contributed by atoms with Crippen LogP contribution in [0.5, 0.6) is 11.6 Å². The lowest BCUT2D eigenvalue weighted by Crippen LogP contribution is -2.38. The Kier molecular flexibility index (Phi) is 3.78. The van der Waals surface area contributed by atoms with Crippen molar-refractivity contribution in [1.29, 1.82) is 5.41 Å². The maximum Gasteiger partial charge on any atom is 0.276 e. The molecule has 0 unspecified atom stereocenters. The Balaban J connectivity index is 1.89. The van der Waals surface area contributed by atoms with E-state index in [9.17, 15) is 4.79 Å². The van der Waals surface area contributed by atoms with Gasteiger partial charge in [-0.15, -0.1) is 0 Å². The van der Waals surface area contributed by atoms with Crippen LogP contribution in [0.4, 0.5) is 5.69 Å². The van der Waals surface area contributed by atoms with E-state index in [2.05, 4.69) is 9.97 Å². The van der Waals surface area contributed by atoms with Gasteiger partial charge in [0.05, 0.1) is 0 Å². The third-order valence-electron chi connectivity index (χ3n) is 3.47. The molecule has 0 spiro atoms. The van der Waals surface area contributed by atoms with Gasteiger partial charge in [-0.1, -0.05) is 0 Å². The first-order valence-corrected chi connectivity index (χ1v) is 7.08. The summed E-state index contributed by atoms with van der Waals surface area (Å²) in [5.41, 5.74) is 12.6. The molecule has 0 fully saturated rings. The standard InChI is InChI=1S/C16H16N6O2/c1-22(16(18)19)15(23)13-6-9-2-3-11(8-12(9)21-13)24-14-7-10(17)4-5-20-14/h2-8,21H,1H3,(H2,17,20)(H3,18,19). The third-order valence-corrected chi connectivity index (χ3v) is 3.47. The minimum Gasteiger partial charge on any atom is -0.439 e. The molecule has 0 saturated heterocycles. The lowest BCUT2D eigenvalue weighted by Gasteiger charge is -2.12. The first-order chi connectivity index (χ1) is 11.4. The fourth-order valence-electron chi connectivity index (χ4n) is 2.18. The number of fused-ring (bicyclic) bond motifs is 1. The summed E-state index contributed by atoms with van der Waals surface area (Å²) in [5, 5.41) is 8.16. The molecule has 3 aromatic rings. The maximum absolute atomic E-state index is 12.2. The van der Waals surface area contributed by atoms with E-state index < -0.39 is 5.91 Å². The van der Waals surface area contributed by atoms with Crippen molar-refractivity contribution >= 4 is 28.5 Å². The highest BCUT2D eigenvalue weighted by Crippen LogP contribution is 2.26. The Morgan fingerprint density at radius 2 is 2.08 bits per heavy atom. The topological polar surface area (TPSA) is 134 Å². The zero-order valence-corrected chi connectivity index (χ0v) is 12.9. The van der Waals surface area contributed by atoms with Crippen molar-refractivity contribution in [2.45, 2.75) is 0 Å². The number of nitrogens with two attached hydrogens (primary N) is 2. The third kappa shape index (κ3) is 2.98. The number of ether oxygens (including phenoxy) is 1. The minimum absolute atomic E-state index is 0.324. The number of hydrogen-bond donors (Lipinski definition) is 4. The fraction of sp³-hybridized carbons (Fsp3) is 0.0625. The first-order valence-electron chi connectivity index (χ1n) is 7.08. The van der Waals surface area contributed by atoms with Gasteiger partial charge >= 0.3 is 0 Å². The van der Waals surface area contributed by atoms with Crippen molar-refractivity contribution in [3.63, 3.8) is 0 Å². The molecule has 3 rings (SSSR count). The fourth-order valence-corrected chi connectivity index (χ4v) is 2.18. The van der Waals surface area contributed by atoms with E-state index in [4.69, 9.17) is 21.6 Å². The molecule has 24 heavy (non-hydrogen) atoms. The monoisotopic (exact) mass is 324 g/mol. The number of carbonyl (C=O) groups excluding carboxylic acids is 1. The molecular formula is C16H16N6O2. The minimum atomic E-state index is -0.390. The molecule has 2 aromatic heterocycles. The second-order valence-corrected chi connectivity index (χ2v) is 5.21. The number of H-pyrrole nitrogens is 1. The number of benzene rings is 1. The number of carbonyl (C=O) groups is 1. The molecule has 8 heteroatoms. The summed E-state index contributed by atoms with van der Waals surface area (Å²) in [6.45, 7) is 0. The van der Waals surface area contributed by atoms with Crippen LogP contribution in [-0.2, 0) is 0 Å². The van der Waals surface area contributed by atoms with Crippen molar-refractivity contribution in [1.82, 2.24) is 14.9 Å². The quantitative estimate of drug-likeness (QED) is 0.431. The summed E-state index contributed by atoms with van der Waals surface area (Å²) in [6, 6.07) is 10.3. The summed E-state index contributed by atoms with van der Waals surface area (Å²) >= 11 is 0. The van der Waals surface area contributed by atoms with Crippen LogP contribution in [0, 0.1) is 5.41 Å². The van der Waals surface area contributed by atoms with Crippen molar-refractivity contribution in [2.24, 2.45) is 5.73 Å². The Hall–Kier alpha value is -3.55. The van der Waals surface area contributed by atoms with E-state index in [0.29, 0.717) is 23.0 Å². The number of nitrogen functional groups attached to an aromatic ring is 1. The molecule has 8 nitrogen and oxygen atoms in total. The largest absolute Gasteiger partial charge is 0.439 e. The average molecular weight is 324 g/mol. The molecule has 1 amide bonds. The molecule has 2 heterocycles. The van der Waals surface area contributed by atoms with Crippen LogP contribution in [0.1, 0.15) is 10.5 Å². The highest BCUT2D eigenvalue weighted by atomic mass is 16.5. The van der Waals surface area contributed by atoms with Crippen LogP contribution < -0.4 is 16.2 Å². The van der Waals surface area contributed by atoms with Crippen LogP contribution in [-0.4, -0.2) is 33.8 Å². The molecule has 0 aliphatic rings. The summed E-state index contributed by atoms with van der Waals surface area (Å²) < 4.78 is 5.66. The Morgan fingerprint density at radius 1 is 1.29 bits per heavy atom. The van der Waals surface area contributed by atoms with Crippen LogP contribution in [0.25, 0.3) is 10.9 Å². The number of aromatic amines is 1. The lowest BCUT2D eigenvalue weighted by molar-refractivity contribution is 0.0864. The Morgan fingerprint density at radius 3 is 2.79 bits per heavy atom. The van der Waals surface area contributed by atoms with Crippen molar-refractivity contribution in [2.75, 3.05) is 12.8 Å². The van der Waals surface area contributed by atoms with Crippen LogP contribution >= 0.6 is 0 Å². The predicted octanol–water partition coefficient (Wildman–Crippen LogP) is 1.90. The SMILES string of the molecule is CN(C(=N)N)C(=O)c1cc2ccc(Oc3cc(N)ccn3)cc2[nH]1. The van der Waals surface area contributed by atoms with Gasteiger partial charge in [0.2, 0.25) is 5.88 Å². The molecule has 0 bridgehead atoms. The molecule has 122 valence electrons. The Bertz CT molecular complexity index is 933. The number of nitrogens with one attached hydrogen (secondary N) is 2. The van der Waals surface area contributed by atoms with Crippen LogP contribution in [0.3, 0.4) is 0 Å². The number of rotatable bonds is 3. The molecule has 6 N–H and O–H groups in total. The normalized spacial score (nSPS) is 10.5. The van der Waals surface area contributed by atoms with Gasteiger partial charge < -0.3 is 21.2 Å². The summed E-state index contributed by atoms with van der Waals surface area (Å²) in [6.07, 6.45) is 1.56. The number of aromatic nitrogens is 2. The number of anilines is 1. The number of pyridine rings is 1. The molecular weight excluding hydrogens is 308 g/mol. The number of nitrogens with zero attached hydrogens (tertiary/aromatic N) is 2. The van der Waals surface area contributed by atoms with E-state index >= 15 is 0 Å². The lowest BCUT2D eigenvalue weighted by atomic mass is 10.2. The highest BCUT2D eigenvalue weighted by molar-refractivity contribution is 6.05. The number of hydrogen-bond acceptors (Lipinski definition) is 5. The zero-order valence-electron chi connectivity index (χ0n) is 12.9. The Labute approximate surface area is 137 Å². The van der Waals surface area contributed by atoms with E-state index in [1.165, 1.54) is 7.05 Å². The van der Waals surface area contributed by atoms with Gasteiger partial charge in [-0.3, -0.25) is 15.1 Å². The smallest absolute Gasteiger partial charge is 0.276 e. The van der Waals surface area contributed by atoms with E-state index in [0.717, 1.165) is 15.8 Å². The summed E-state index contributed by atoms with van der Waals surface area (Å²) in [7, 11) is 1.44. The number of guanidine groups is 1. The van der Waals surface area contributed by atoms with E-state index in [1.54, 1.807) is 36.5 Å². The van der Waals surface area contributed by atoms with E-state index in [-0.39, 0.29) is 5.96 Å². The molecule has 0 aliphatic carbocycles. The molecule has 1 aromatic carbocycles. The van der Waals surface area contributed by atoms with Crippen molar-refractivity contribution in [3.05, 3.63) is 48.3 Å². The highest BCUT2D eigenvalue weighted by Gasteiger charge is 2.16. The van der Waals surface area contributed by atoms with Crippen molar-refractivity contribution in [3.8, 4) is 11.6 Å². The first kappa shape index (κ1) is 15.3. The molecule has 0 atom stereocenters. The van der Waals surface area contributed by atoms with Gasteiger partial charge in [0, 0.05) is 42.0 Å². The maximum atomic E-state index is 12.2. The van der Waals surface area contributed by atoms with Gasteiger partial charge in [-0.25, -0.2) is 4.98 Å². The predicted molar refractivity (Wildman–Crippen MR) is 91.0 cm³/mol. The van der Waals surface area contributed by atoms with Gasteiger partial charge in [-0.2, -0.15) is 0 Å². The van der Waals surface area contributed by atoms with Gasteiger partial charge in [0.15, 0.2) is 5.96 Å². The van der Waals surface area contributed by atoms with E-state index in [1.807, 2.05) is 6.07 Å². The van der Waals surface area contributed by atoms with Gasteiger partial charge in [0.25, 0.3) is 5.91 Å². The van der Waals surface area contributed by atoms with Crippen LogP contribution in [0.15, 0.2) is 42.6 Å².